The number of hydrogen-bond acceptors (Lipinski definition) is 8. The largest absolute Gasteiger partial charge is 0.464 e. The molecule has 0 amide bonds. The van der Waals surface area contributed by atoms with Gasteiger partial charge in [0, 0.05) is 37.1 Å². The second kappa shape index (κ2) is 16.1. The predicted octanol–water partition coefficient (Wildman–Crippen LogP) is 8.68. The zero-order chi connectivity index (χ0) is 38.3. The van der Waals surface area contributed by atoms with Crippen molar-refractivity contribution in [2.45, 2.75) is 38.3 Å². The molecule has 0 radical (unpaired) electrons. The highest BCUT2D eigenvalue weighted by Gasteiger charge is 2.41. The molecule has 0 spiro atoms. The highest BCUT2D eigenvalue weighted by atomic mass is 16.5. The van der Waals surface area contributed by atoms with Gasteiger partial charge in [0.05, 0.1) is 7.11 Å². The number of carbonyl (C=O) groups excluding carboxylic acids is 1. The number of tetrazole rings is 1. The molecular weight excluding hydrogens is 697 g/mol. The lowest BCUT2D eigenvalue weighted by Gasteiger charge is -2.36. The Morgan fingerprint density at radius 1 is 0.696 bits per heavy atom. The van der Waals surface area contributed by atoms with Crippen molar-refractivity contribution in [3.63, 3.8) is 0 Å². The Balaban J connectivity index is 1.09. The van der Waals surface area contributed by atoms with Gasteiger partial charge in [-0.05, 0) is 50.2 Å². The van der Waals surface area contributed by atoms with E-state index in [0.29, 0.717) is 23.8 Å². The molecule has 0 saturated heterocycles. The van der Waals surface area contributed by atoms with Crippen LogP contribution in [0.1, 0.15) is 58.3 Å². The van der Waals surface area contributed by atoms with E-state index in [1.54, 1.807) is 6.20 Å². The molecule has 3 heterocycles. The highest BCUT2D eigenvalue weighted by Crippen LogP contribution is 2.42. The van der Waals surface area contributed by atoms with Gasteiger partial charge in [0.1, 0.15) is 22.8 Å². The lowest BCUT2D eigenvalue weighted by atomic mass is 9.77. The fourth-order valence-electron chi connectivity index (χ4n) is 7.32. The molecule has 8 rings (SSSR count). The molecule has 3 aromatic heterocycles. The first-order chi connectivity index (χ1) is 27.6. The van der Waals surface area contributed by atoms with Crippen molar-refractivity contribution in [1.82, 2.24) is 39.7 Å². The van der Waals surface area contributed by atoms with Gasteiger partial charge in [0.15, 0.2) is 11.5 Å². The average molecular weight is 737 g/mol. The molecule has 276 valence electrons. The molecule has 10 nitrogen and oxygen atoms in total. The molecule has 0 aliphatic heterocycles. The lowest BCUT2D eigenvalue weighted by Crippen LogP contribution is -2.39. The van der Waals surface area contributed by atoms with Crippen LogP contribution in [-0.4, -0.2) is 52.8 Å². The SMILES string of the molecule is CCCCc1nc(-c2nccnc2C(=O)OC)cn1Cc1ccc(-c2ccc(-c3nnnn3C(c3ccccc3)(c3ccccc3)c3ccccc3)cc2)cc1. The number of ether oxygens (including phenoxy) is 1. The third-order valence-electron chi connectivity index (χ3n) is 10.1. The van der Waals surface area contributed by atoms with Gasteiger partial charge in [-0.3, -0.25) is 4.98 Å². The van der Waals surface area contributed by atoms with Crippen LogP contribution < -0.4 is 0 Å². The van der Waals surface area contributed by atoms with Gasteiger partial charge in [0.2, 0.25) is 0 Å². The van der Waals surface area contributed by atoms with E-state index >= 15 is 0 Å². The van der Waals surface area contributed by atoms with Crippen LogP contribution in [0.25, 0.3) is 33.9 Å². The van der Waals surface area contributed by atoms with Crippen molar-refractivity contribution in [2.75, 3.05) is 7.11 Å². The number of imidazole rings is 1. The number of esters is 1. The first kappa shape index (κ1) is 35.9. The summed E-state index contributed by atoms with van der Waals surface area (Å²) in [6.45, 7) is 2.78. The molecule has 0 atom stereocenters. The summed E-state index contributed by atoms with van der Waals surface area (Å²) in [4.78, 5) is 26.0. The summed E-state index contributed by atoms with van der Waals surface area (Å²) in [5.74, 6) is 1.04. The van der Waals surface area contributed by atoms with E-state index in [2.05, 4.69) is 153 Å². The van der Waals surface area contributed by atoms with Crippen LogP contribution in [0.15, 0.2) is 158 Å². The quantitative estimate of drug-likeness (QED) is 0.0854. The third kappa shape index (κ3) is 6.88. The number of rotatable bonds is 13. The molecule has 56 heavy (non-hydrogen) atoms. The minimum absolute atomic E-state index is 0.150. The number of aryl methyl sites for hydroxylation is 1. The van der Waals surface area contributed by atoms with Crippen molar-refractivity contribution in [3.05, 3.63) is 192 Å². The summed E-state index contributed by atoms with van der Waals surface area (Å²) < 4.78 is 9.04. The predicted molar refractivity (Wildman–Crippen MR) is 216 cm³/mol. The number of nitrogens with zero attached hydrogens (tertiary/aromatic N) is 8. The number of hydrogen-bond donors (Lipinski definition) is 0. The van der Waals surface area contributed by atoms with E-state index in [-0.39, 0.29) is 5.69 Å². The van der Waals surface area contributed by atoms with Gasteiger partial charge in [-0.15, -0.1) is 5.10 Å². The summed E-state index contributed by atoms with van der Waals surface area (Å²) >= 11 is 0. The number of aromatic nitrogens is 8. The van der Waals surface area contributed by atoms with Crippen LogP contribution in [0.2, 0.25) is 0 Å². The summed E-state index contributed by atoms with van der Waals surface area (Å²) in [6.07, 6.45) is 7.83. The van der Waals surface area contributed by atoms with Crippen molar-refractivity contribution in [3.8, 4) is 33.9 Å². The first-order valence-corrected chi connectivity index (χ1v) is 18.7. The summed E-state index contributed by atoms with van der Waals surface area (Å²) in [5.41, 5.74) is 7.66. The first-order valence-electron chi connectivity index (χ1n) is 18.7. The molecule has 0 fully saturated rings. The van der Waals surface area contributed by atoms with Crippen molar-refractivity contribution >= 4 is 5.97 Å². The van der Waals surface area contributed by atoms with E-state index in [1.165, 1.54) is 13.3 Å². The van der Waals surface area contributed by atoms with Gasteiger partial charge >= 0.3 is 5.97 Å². The molecule has 0 aliphatic carbocycles. The van der Waals surface area contributed by atoms with Crippen molar-refractivity contribution < 1.29 is 9.53 Å². The maximum Gasteiger partial charge on any atom is 0.359 e. The minimum atomic E-state index is -0.832. The van der Waals surface area contributed by atoms with E-state index in [9.17, 15) is 4.79 Å². The fraction of sp³-hybridized carbons (Fsp3) is 0.152. The van der Waals surface area contributed by atoms with E-state index < -0.39 is 11.5 Å². The molecule has 0 bridgehead atoms. The lowest BCUT2D eigenvalue weighted by molar-refractivity contribution is 0.0594. The van der Waals surface area contributed by atoms with Crippen LogP contribution in [0, 0.1) is 0 Å². The Hall–Kier alpha value is -7.07. The normalized spacial score (nSPS) is 11.4. The van der Waals surface area contributed by atoms with Crippen LogP contribution in [0.4, 0.5) is 0 Å². The van der Waals surface area contributed by atoms with E-state index in [1.807, 2.05) is 29.1 Å². The summed E-state index contributed by atoms with van der Waals surface area (Å²) in [7, 11) is 1.34. The molecule has 0 N–H and O–H groups in total. The monoisotopic (exact) mass is 736 g/mol. The van der Waals surface area contributed by atoms with Gasteiger partial charge in [-0.1, -0.05) is 153 Å². The standard InChI is InChI=1S/C46H40N8O2/c1-3-4-20-41-49-40(42-43(45(55)56-2)48-30-29-47-42)32-53(41)31-33-21-23-34(24-22-33)35-25-27-36(28-26-35)44-50-51-52-54(44)46(37-14-8-5-9-15-37,38-16-10-6-11-17-38)39-18-12-7-13-19-39/h5-19,21-30,32H,3-4,20,31H2,1-2H3. The van der Waals surface area contributed by atoms with Gasteiger partial charge in [-0.2, -0.15) is 0 Å². The third-order valence-corrected chi connectivity index (χ3v) is 10.1. The van der Waals surface area contributed by atoms with Crippen LogP contribution in [0.5, 0.6) is 0 Å². The highest BCUT2D eigenvalue weighted by molar-refractivity contribution is 5.93. The van der Waals surface area contributed by atoms with Gasteiger partial charge in [0.25, 0.3) is 0 Å². The Kier molecular flexibility index (Phi) is 10.3. The van der Waals surface area contributed by atoms with Gasteiger partial charge in [-0.25, -0.2) is 19.4 Å². The van der Waals surface area contributed by atoms with E-state index in [0.717, 1.165) is 64.0 Å². The fourth-order valence-corrected chi connectivity index (χ4v) is 7.32. The maximum absolute atomic E-state index is 12.4. The van der Waals surface area contributed by atoms with Crippen LogP contribution in [-0.2, 0) is 23.2 Å². The number of benzene rings is 5. The van der Waals surface area contributed by atoms with Crippen molar-refractivity contribution in [1.29, 1.82) is 0 Å². The van der Waals surface area contributed by atoms with E-state index in [4.69, 9.17) is 14.9 Å². The summed E-state index contributed by atoms with van der Waals surface area (Å²) in [5, 5.41) is 13.6. The second-order valence-electron chi connectivity index (χ2n) is 13.5. The molecule has 10 heteroatoms. The number of methoxy groups -OCH3 is 1. The van der Waals surface area contributed by atoms with Gasteiger partial charge < -0.3 is 9.30 Å². The minimum Gasteiger partial charge on any atom is -0.464 e. The molecule has 5 aromatic carbocycles. The van der Waals surface area contributed by atoms with Crippen molar-refractivity contribution in [2.24, 2.45) is 0 Å². The van der Waals surface area contributed by atoms with Crippen LogP contribution >= 0.6 is 0 Å². The zero-order valence-electron chi connectivity index (χ0n) is 31.2. The number of carbonyl (C=O) groups is 1. The molecule has 8 aromatic rings. The Bertz CT molecular complexity index is 2440. The Labute approximate surface area is 325 Å². The molecule has 0 aliphatic rings. The zero-order valence-corrected chi connectivity index (χ0v) is 31.2. The average Bonchev–Trinajstić information content (AvgIpc) is 3.92. The molecule has 0 saturated carbocycles. The summed E-state index contributed by atoms with van der Waals surface area (Å²) in [6, 6.07) is 48.2. The smallest absolute Gasteiger partial charge is 0.359 e. The Morgan fingerprint density at radius 2 is 1.25 bits per heavy atom. The Morgan fingerprint density at radius 3 is 1.82 bits per heavy atom. The molecule has 0 unspecified atom stereocenters. The topological polar surface area (TPSA) is 114 Å². The number of unbranched alkanes of at least 4 members (excludes halogenated alkanes) is 1. The second-order valence-corrected chi connectivity index (χ2v) is 13.5. The van der Waals surface area contributed by atoms with Crippen LogP contribution in [0.3, 0.4) is 0 Å². The maximum atomic E-state index is 12.4. The molecular formula is C46H40N8O2.